The zero-order valence-corrected chi connectivity index (χ0v) is 7.18. The van der Waals surface area contributed by atoms with E-state index in [1.54, 1.807) is 0 Å². The Labute approximate surface area is 73.3 Å². The topological polar surface area (TPSA) is 59.2 Å². The molecule has 70 valence electrons. The lowest BCUT2D eigenvalue weighted by atomic mass is 10.1. The first-order valence-corrected chi connectivity index (χ1v) is 3.54. The number of methoxy groups -OCH3 is 1. The van der Waals surface area contributed by atoms with Gasteiger partial charge >= 0.3 is 5.97 Å². The van der Waals surface area contributed by atoms with E-state index in [-0.39, 0.29) is 11.1 Å². The van der Waals surface area contributed by atoms with Gasteiger partial charge in [0, 0.05) is 11.8 Å². The molecular formula is C8H8FNO3. The van der Waals surface area contributed by atoms with Gasteiger partial charge in [-0.2, -0.15) is 0 Å². The maximum atomic E-state index is 12.9. The zero-order chi connectivity index (χ0) is 10.0. The van der Waals surface area contributed by atoms with Crippen molar-refractivity contribution in [2.45, 2.75) is 6.92 Å². The predicted molar refractivity (Wildman–Crippen MR) is 43.1 cm³/mol. The van der Waals surface area contributed by atoms with Crippen molar-refractivity contribution in [1.29, 1.82) is 0 Å². The molecule has 0 atom stereocenters. The zero-order valence-electron chi connectivity index (χ0n) is 7.18. The van der Waals surface area contributed by atoms with Gasteiger partial charge in [0.05, 0.1) is 12.7 Å². The number of halogens is 1. The van der Waals surface area contributed by atoms with Crippen molar-refractivity contribution in [3.8, 4) is 0 Å². The molecule has 1 rings (SSSR count). The van der Waals surface area contributed by atoms with Crippen LogP contribution in [0.4, 0.5) is 4.39 Å². The number of carbonyl (C=O) groups excluding carboxylic acids is 1. The van der Waals surface area contributed by atoms with Gasteiger partial charge in [0.1, 0.15) is 0 Å². The first-order valence-electron chi connectivity index (χ1n) is 3.54. The van der Waals surface area contributed by atoms with Gasteiger partial charge in [-0.3, -0.25) is 4.79 Å². The highest BCUT2D eigenvalue weighted by atomic mass is 19.1. The monoisotopic (exact) mass is 185 g/mol. The number of hydrogen-bond acceptors (Lipinski definition) is 3. The number of aromatic nitrogens is 1. The molecule has 0 aromatic carbocycles. The summed E-state index contributed by atoms with van der Waals surface area (Å²) in [4.78, 5) is 23.8. The number of nitrogens with one attached hydrogen (secondary N) is 1. The molecule has 0 bridgehead atoms. The summed E-state index contributed by atoms with van der Waals surface area (Å²) in [5, 5.41) is 0. The van der Waals surface area contributed by atoms with Gasteiger partial charge in [-0.15, -0.1) is 0 Å². The summed E-state index contributed by atoms with van der Waals surface area (Å²) in [6, 6.07) is 0. The molecule has 0 aliphatic rings. The van der Waals surface area contributed by atoms with Gasteiger partial charge in [0.25, 0.3) is 5.56 Å². The molecule has 0 fully saturated rings. The Morgan fingerprint density at radius 1 is 1.62 bits per heavy atom. The van der Waals surface area contributed by atoms with Crippen LogP contribution in [-0.2, 0) is 4.74 Å². The molecule has 0 spiro atoms. The standard InChI is InChI=1S/C8H8FNO3/c1-4-5(8(12)13-2)3-10-7(11)6(4)9/h3H,1-2H3,(H,10,11). The van der Waals surface area contributed by atoms with E-state index in [9.17, 15) is 14.0 Å². The second-order valence-electron chi connectivity index (χ2n) is 2.46. The molecule has 0 saturated carbocycles. The molecule has 0 aliphatic heterocycles. The van der Waals surface area contributed by atoms with E-state index < -0.39 is 17.3 Å². The quantitative estimate of drug-likeness (QED) is 0.652. The molecule has 1 aromatic rings. The molecule has 0 amide bonds. The van der Waals surface area contributed by atoms with Crippen molar-refractivity contribution >= 4 is 5.97 Å². The molecule has 0 saturated heterocycles. The van der Waals surface area contributed by atoms with Crippen LogP contribution in [0.15, 0.2) is 11.0 Å². The number of carbonyl (C=O) groups is 1. The number of pyridine rings is 1. The highest BCUT2D eigenvalue weighted by Crippen LogP contribution is 2.07. The maximum absolute atomic E-state index is 12.9. The van der Waals surface area contributed by atoms with Crippen molar-refractivity contribution in [2.24, 2.45) is 0 Å². The van der Waals surface area contributed by atoms with E-state index in [2.05, 4.69) is 9.72 Å². The minimum Gasteiger partial charge on any atom is -0.465 e. The number of hydrogen-bond donors (Lipinski definition) is 1. The number of rotatable bonds is 1. The summed E-state index contributed by atoms with van der Waals surface area (Å²) >= 11 is 0. The number of H-pyrrole nitrogens is 1. The SMILES string of the molecule is COC(=O)c1c[nH]c(=O)c(F)c1C. The summed E-state index contributed by atoms with van der Waals surface area (Å²) in [6.07, 6.45) is 1.13. The fourth-order valence-electron chi connectivity index (χ4n) is 0.920. The summed E-state index contributed by atoms with van der Waals surface area (Å²) < 4.78 is 17.3. The Morgan fingerprint density at radius 3 is 2.77 bits per heavy atom. The highest BCUT2D eigenvalue weighted by Gasteiger charge is 2.14. The fraction of sp³-hybridized carbons (Fsp3) is 0.250. The Bertz CT molecular complexity index is 397. The number of aromatic amines is 1. The van der Waals surface area contributed by atoms with E-state index in [4.69, 9.17) is 0 Å². The van der Waals surface area contributed by atoms with Crippen molar-refractivity contribution < 1.29 is 13.9 Å². The highest BCUT2D eigenvalue weighted by molar-refractivity contribution is 5.90. The van der Waals surface area contributed by atoms with Crippen molar-refractivity contribution in [3.63, 3.8) is 0 Å². The van der Waals surface area contributed by atoms with Crippen LogP contribution in [0, 0.1) is 12.7 Å². The van der Waals surface area contributed by atoms with E-state index in [0.717, 1.165) is 6.20 Å². The van der Waals surface area contributed by atoms with Crippen LogP contribution in [0.2, 0.25) is 0 Å². The van der Waals surface area contributed by atoms with Crippen LogP contribution < -0.4 is 5.56 Å². The summed E-state index contributed by atoms with van der Waals surface area (Å²) in [7, 11) is 1.19. The minimum atomic E-state index is -0.956. The van der Waals surface area contributed by atoms with Gasteiger partial charge in [0.15, 0.2) is 5.82 Å². The lowest BCUT2D eigenvalue weighted by Crippen LogP contribution is -2.16. The van der Waals surface area contributed by atoms with Crippen LogP contribution in [0.25, 0.3) is 0 Å². The number of esters is 1. The molecule has 0 aliphatic carbocycles. The van der Waals surface area contributed by atoms with E-state index in [0.29, 0.717) is 0 Å². The third-order valence-electron chi connectivity index (χ3n) is 1.69. The summed E-state index contributed by atoms with van der Waals surface area (Å²) in [6.45, 7) is 1.34. The molecular weight excluding hydrogens is 177 g/mol. The third kappa shape index (κ3) is 1.58. The van der Waals surface area contributed by atoms with Crippen molar-refractivity contribution in [1.82, 2.24) is 4.98 Å². The largest absolute Gasteiger partial charge is 0.465 e. The lowest BCUT2D eigenvalue weighted by Gasteiger charge is -2.02. The van der Waals surface area contributed by atoms with Crippen LogP contribution in [0.5, 0.6) is 0 Å². The molecule has 1 aromatic heterocycles. The molecule has 5 heteroatoms. The van der Waals surface area contributed by atoms with E-state index in [1.165, 1.54) is 14.0 Å². The average molecular weight is 185 g/mol. The Kier molecular flexibility index (Phi) is 2.46. The Morgan fingerprint density at radius 2 is 2.23 bits per heavy atom. The van der Waals surface area contributed by atoms with E-state index >= 15 is 0 Å². The van der Waals surface area contributed by atoms with Gasteiger partial charge in [-0.1, -0.05) is 0 Å². The van der Waals surface area contributed by atoms with Crippen molar-refractivity contribution in [3.05, 3.63) is 33.5 Å². The minimum absolute atomic E-state index is 0.00407. The first-order chi connectivity index (χ1) is 6.07. The maximum Gasteiger partial charge on any atom is 0.339 e. The fourth-order valence-corrected chi connectivity index (χ4v) is 0.920. The third-order valence-corrected chi connectivity index (χ3v) is 1.69. The predicted octanol–water partition coefficient (Wildman–Crippen LogP) is 0.609. The Hall–Kier alpha value is -1.65. The van der Waals surface area contributed by atoms with Crippen LogP contribution >= 0.6 is 0 Å². The molecule has 0 radical (unpaired) electrons. The second-order valence-corrected chi connectivity index (χ2v) is 2.46. The van der Waals surface area contributed by atoms with E-state index in [1.807, 2.05) is 0 Å². The molecule has 0 unspecified atom stereocenters. The lowest BCUT2D eigenvalue weighted by molar-refractivity contribution is 0.0598. The number of ether oxygens (including phenoxy) is 1. The summed E-state index contributed by atoms with van der Waals surface area (Å²) in [5.74, 6) is -1.63. The first kappa shape index (κ1) is 9.44. The average Bonchev–Trinajstić information content (AvgIpc) is 2.13. The van der Waals surface area contributed by atoms with Gasteiger partial charge in [-0.25, -0.2) is 9.18 Å². The van der Waals surface area contributed by atoms with Crippen molar-refractivity contribution in [2.75, 3.05) is 7.11 Å². The summed E-state index contributed by atoms with van der Waals surface area (Å²) in [5.41, 5.74) is -0.819. The van der Waals surface area contributed by atoms with Gasteiger partial charge < -0.3 is 9.72 Å². The van der Waals surface area contributed by atoms with Gasteiger partial charge in [-0.05, 0) is 6.92 Å². The van der Waals surface area contributed by atoms with Gasteiger partial charge in [0.2, 0.25) is 0 Å². The molecule has 4 nitrogen and oxygen atoms in total. The van der Waals surface area contributed by atoms with Crippen LogP contribution in [0.1, 0.15) is 15.9 Å². The molecule has 1 heterocycles. The van der Waals surface area contributed by atoms with Crippen LogP contribution in [0.3, 0.4) is 0 Å². The molecule has 13 heavy (non-hydrogen) atoms. The van der Waals surface area contributed by atoms with Crippen LogP contribution in [-0.4, -0.2) is 18.1 Å². The second kappa shape index (κ2) is 3.38. The Balaban J connectivity index is 3.34. The smallest absolute Gasteiger partial charge is 0.339 e. The normalized spacial score (nSPS) is 9.77. The molecule has 1 N–H and O–H groups in total.